The number of imidazole rings is 1. The number of aromatic nitrogens is 3. The second-order valence-corrected chi connectivity index (χ2v) is 4.44. The maximum absolute atomic E-state index is 6.15. The molecule has 0 bridgehead atoms. The lowest BCUT2D eigenvalue weighted by molar-refractivity contribution is 0.187. The number of hydrogen-bond donors (Lipinski definition) is 0. The highest BCUT2D eigenvalue weighted by Crippen LogP contribution is 2.29. The van der Waals surface area contributed by atoms with E-state index in [0.29, 0.717) is 11.1 Å². The molecule has 0 aromatic carbocycles. The van der Waals surface area contributed by atoms with Gasteiger partial charge in [-0.2, -0.15) is 0 Å². The summed E-state index contributed by atoms with van der Waals surface area (Å²) in [5.41, 5.74) is 0.915. The van der Waals surface area contributed by atoms with Crippen LogP contribution in [0, 0.1) is 0 Å². The average Bonchev–Trinajstić information content (AvgIpc) is 3.00. The third-order valence-corrected chi connectivity index (χ3v) is 3.28. The largest absolute Gasteiger partial charge is 0.379 e. The third kappa shape index (κ3) is 1.94. The van der Waals surface area contributed by atoms with Crippen molar-refractivity contribution in [1.29, 1.82) is 0 Å². The van der Waals surface area contributed by atoms with Crippen LogP contribution in [0.5, 0.6) is 0 Å². The summed E-state index contributed by atoms with van der Waals surface area (Å²) in [6.07, 6.45) is 8.16. The Morgan fingerprint density at radius 3 is 3.12 bits per heavy atom. The normalized spacial score (nSPS) is 19.7. The molecule has 2 aromatic rings. The molecule has 1 atom stereocenters. The van der Waals surface area contributed by atoms with Crippen LogP contribution in [0.3, 0.4) is 0 Å². The third-order valence-electron chi connectivity index (χ3n) is 2.98. The molecule has 1 unspecified atom stereocenters. The molecule has 1 saturated heterocycles. The Kier molecular flexibility index (Phi) is 2.82. The van der Waals surface area contributed by atoms with Gasteiger partial charge in [0.05, 0.1) is 17.7 Å². The second-order valence-electron chi connectivity index (χ2n) is 4.03. The lowest BCUT2D eigenvalue weighted by atomic mass is 10.2. The van der Waals surface area contributed by atoms with Gasteiger partial charge >= 0.3 is 0 Å². The van der Waals surface area contributed by atoms with Gasteiger partial charge in [-0.15, -0.1) is 0 Å². The van der Waals surface area contributed by atoms with Gasteiger partial charge in [0.25, 0.3) is 0 Å². The summed E-state index contributed by atoms with van der Waals surface area (Å²) < 4.78 is 7.54. The van der Waals surface area contributed by atoms with E-state index in [0.717, 1.165) is 31.0 Å². The molecule has 0 saturated carbocycles. The van der Waals surface area contributed by atoms with Crippen LogP contribution in [0.4, 0.5) is 0 Å². The molecule has 0 amide bonds. The van der Waals surface area contributed by atoms with Crippen molar-refractivity contribution in [3.8, 4) is 11.4 Å². The molecule has 17 heavy (non-hydrogen) atoms. The second kappa shape index (κ2) is 4.47. The van der Waals surface area contributed by atoms with Crippen LogP contribution in [0.2, 0.25) is 5.02 Å². The highest BCUT2D eigenvalue weighted by atomic mass is 35.5. The van der Waals surface area contributed by atoms with Gasteiger partial charge in [-0.3, -0.25) is 4.98 Å². The van der Waals surface area contributed by atoms with Crippen molar-refractivity contribution >= 4 is 11.6 Å². The summed E-state index contributed by atoms with van der Waals surface area (Å²) in [5.74, 6) is 0.882. The van der Waals surface area contributed by atoms with Gasteiger partial charge in [0, 0.05) is 37.0 Å². The van der Waals surface area contributed by atoms with E-state index in [2.05, 4.69) is 14.5 Å². The van der Waals surface area contributed by atoms with Crippen molar-refractivity contribution in [3.63, 3.8) is 0 Å². The van der Waals surface area contributed by atoms with Crippen LogP contribution in [0.1, 0.15) is 12.5 Å². The van der Waals surface area contributed by atoms with Crippen molar-refractivity contribution in [2.45, 2.75) is 12.5 Å². The lowest BCUT2D eigenvalue weighted by Crippen LogP contribution is -2.09. The minimum absolute atomic E-state index is 0.358. The molecular formula is C12H12ClN3O. The lowest BCUT2D eigenvalue weighted by Gasteiger charge is -2.14. The minimum atomic E-state index is 0.358. The number of halogens is 1. The van der Waals surface area contributed by atoms with Gasteiger partial charge < -0.3 is 9.30 Å². The van der Waals surface area contributed by atoms with Gasteiger partial charge in [-0.25, -0.2) is 4.98 Å². The van der Waals surface area contributed by atoms with Crippen molar-refractivity contribution < 1.29 is 4.74 Å². The van der Waals surface area contributed by atoms with Gasteiger partial charge in [0.1, 0.15) is 5.82 Å². The van der Waals surface area contributed by atoms with Gasteiger partial charge in [0.15, 0.2) is 0 Å². The molecule has 0 radical (unpaired) electrons. The summed E-state index contributed by atoms with van der Waals surface area (Å²) in [5, 5.41) is 0.624. The smallest absolute Gasteiger partial charge is 0.141 e. The van der Waals surface area contributed by atoms with Gasteiger partial charge in [0.2, 0.25) is 0 Å². The Morgan fingerprint density at radius 2 is 2.35 bits per heavy atom. The molecule has 4 nitrogen and oxygen atoms in total. The van der Waals surface area contributed by atoms with Crippen LogP contribution in [0.15, 0.2) is 30.9 Å². The van der Waals surface area contributed by atoms with Gasteiger partial charge in [-0.05, 0) is 12.5 Å². The number of pyridine rings is 1. The Labute approximate surface area is 104 Å². The summed E-state index contributed by atoms with van der Waals surface area (Å²) in [6, 6.07) is 2.24. The molecule has 0 N–H and O–H groups in total. The SMILES string of the molecule is Clc1cnccc1-c1nccn1C1CCOC1. The molecule has 1 fully saturated rings. The minimum Gasteiger partial charge on any atom is -0.379 e. The van der Waals surface area contributed by atoms with E-state index in [9.17, 15) is 0 Å². The average molecular weight is 250 g/mol. The summed E-state index contributed by atoms with van der Waals surface area (Å²) in [4.78, 5) is 8.38. The highest BCUT2D eigenvalue weighted by molar-refractivity contribution is 6.33. The zero-order valence-electron chi connectivity index (χ0n) is 9.21. The molecule has 3 rings (SSSR count). The first-order chi connectivity index (χ1) is 8.36. The van der Waals surface area contributed by atoms with Crippen molar-refractivity contribution in [3.05, 3.63) is 35.9 Å². The number of nitrogens with zero attached hydrogens (tertiary/aromatic N) is 3. The van der Waals surface area contributed by atoms with Gasteiger partial charge in [-0.1, -0.05) is 11.6 Å². The first-order valence-corrected chi connectivity index (χ1v) is 5.94. The maximum atomic E-state index is 6.15. The van der Waals surface area contributed by atoms with Crippen molar-refractivity contribution in [1.82, 2.24) is 14.5 Å². The number of ether oxygens (including phenoxy) is 1. The molecule has 88 valence electrons. The van der Waals surface area contributed by atoms with Crippen molar-refractivity contribution in [2.75, 3.05) is 13.2 Å². The molecule has 0 aliphatic carbocycles. The molecule has 1 aliphatic rings. The first kappa shape index (κ1) is 10.7. The molecular weight excluding hydrogens is 238 g/mol. The zero-order chi connectivity index (χ0) is 11.7. The molecule has 5 heteroatoms. The molecule has 1 aliphatic heterocycles. The molecule has 0 spiro atoms. The fraction of sp³-hybridized carbons (Fsp3) is 0.333. The van der Waals surface area contributed by atoms with Crippen LogP contribution < -0.4 is 0 Å². The summed E-state index contributed by atoms with van der Waals surface area (Å²) in [7, 11) is 0. The fourth-order valence-corrected chi connectivity index (χ4v) is 2.32. The number of hydrogen-bond acceptors (Lipinski definition) is 3. The zero-order valence-corrected chi connectivity index (χ0v) is 9.97. The van der Waals surface area contributed by atoms with E-state index in [4.69, 9.17) is 16.3 Å². The van der Waals surface area contributed by atoms with E-state index in [1.807, 2.05) is 12.3 Å². The molecule has 3 heterocycles. The topological polar surface area (TPSA) is 39.9 Å². The van der Waals surface area contributed by atoms with Crippen LogP contribution >= 0.6 is 11.6 Å². The van der Waals surface area contributed by atoms with E-state index >= 15 is 0 Å². The number of rotatable bonds is 2. The Balaban J connectivity index is 2.04. The van der Waals surface area contributed by atoms with E-state index < -0.39 is 0 Å². The monoisotopic (exact) mass is 249 g/mol. The highest BCUT2D eigenvalue weighted by Gasteiger charge is 2.21. The van der Waals surface area contributed by atoms with E-state index in [1.165, 1.54) is 0 Å². The van der Waals surface area contributed by atoms with Crippen LogP contribution in [-0.2, 0) is 4.74 Å². The van der Waals surface area contributed by atoms with E-state index in [-0.39, 0.29) is 0 Å². The first-order valence-electron chi connectivity index (χ1n) is 5.57. The Bertz CT molecular complexity index is 520. The van der Waals surface area contributed by atoms with Crippen LogP contribution in [0.25, 0.3) is 11.4 Å². The predicted molar refractivity (Wildman–Crippen MR) is 64.9 cm³/mol. The fourth-order valence-electron chi connectivity index (χ4n) is 2.11. The predicted octanol–water partition coefficient (Wildman–Crippen LogP) is 2.56. The summed E-state index contributed by atoms with van der Waals surface area (Å²) in [6.45, 7) is 1.55. The quantitative estimate of drug-likeness (QED) is 0.821. The summed E-state index contributed by atoms with van der Waals surface area (Å²) >= 11 is 6.15. The van der Waals surface area contributed by atoms with E-state index in [1.54, 1.807) is 18.6 Å². The Hall–Kier alpha value is -1.39. The maximum Gasteiger partial charge on any atom is 0.141 e. The van der Waals surface area contributed by atoms with Crippen molar-refractivity contribution in [2.24, 2.45) is 0 Å². The standard InChI is InChI=1S/C12H12ClN3O/c13-11-7-14-3-1-10(11)12-15-4-5-16(12)9-2-6-17-8-9/h1,3-5,7,9H,2,6,8H2. The van der Waals surface area contributed by atoms with Crippen LogP contribution in [-0.4, -0.2) is 27.7 Å². The Morgan fingerprint density at radius 1 is 1.41 bits per heavy atom. The molecule has 2 aromatic heterocycles.